The number of nitriles is 1. The summed E-state index contributed by atoms with van der Waals surface area (Å²) < 4.78 is 13.5. The van der Waals surface area contributed by atoms with Crippen molar-refractivity contribution in [3.05, 3.63) is 84.1 Å². The van der Waals surface area contributed by atoms with E-state index in [2.05, 4.69) is 38.9 Å². The molecule has 2 aromatic heterocycles. The Bertz CT molecular complexity index is 1340. The van der Waals surface area contributed by atoms with E-state index in [0.717, 1.165) is 65.8 Å². The van der Waals surface area contributed by atoms with Crippen LogP contribution in [0.1, 0.15) is 24.0 Å². The van der Waals surface area contributed by atoms with Crippen molar-refractivity contribution < 1.29 is 4.39 Å². The van der Waals surface area contributed by atoms with E-state index in [4.69, 9.17) is 15.2 Å². The topological polar surface area (TPSA) is 72.2 Å². The zero-order valence-corrected chi connectivity index (χ0v) is 19.7. The number of anilines is 3. The van der Waals surface area contributed by atoms with Crippen molar-refractivity contribution in [1.82, 2.24) is 15.0 Å². The van der Waals surface area contributed by atoms with Crippen LogP contribution in [0.4, 0.5) is 22.0 Å². The Morgan fingerprint density at radius 3 is 2.46 bits per heavy atom. The Morgan fingerprint density at radius 1 is 1.00 bits per heavy atom. The maximum atomic E-state index is 13.5. The summed E-state index contributed by atoms with van der Waals surface area (Å²) in [6.45, 7) is 13.3. The fraction of sp³-hybridized carbons (Fsp3) is 0.259. The molecule has 0 aliphatic carbocycles. The molecule has 0 amide bonds. The van der Waals surface area contributed by atoms with Crippen molar-refractivity contribution in [1.29, 1.82) is 5.26 Å². The Kier molecular flexibility index (Phi) is 5.91. The van der Waals surface area contributed by atoms with Gasteiger partial charge in [0.2, 0.25) is 5.95 Å². The number of halogens is 1. The van der Waals surface area contributed by atoms with Gasteiger partial charge in [-0.25, -0.2) is 14.4 Å². The molecule has 4 heterocycles. The Balaban J connectivity index is 1.46. The first-order valence-corrected chi connectivity index (χ1v) is 11.6. The van der Waals surface area contributed by atoms with Crippen LogP contribution < -0.4 is 14.7 Å². The Morgan fingerprint density at radius 2 is 1.80 bits per heavy atom. The lowest BCUT2D eigenvalue weighted by atomic mass is 10.1. The molecule has 2 aliphatic rings. The summed E-state index contributed by atoms with van der Waals surface area (Å²) in [6.07, 6.45) is 3.54. The average Bonchev–Trinajstić information content (AvgIpc) is 3.30. The van der Waals surface area contributed by atoms with E-state index in [1.807, 2.05) is 19.1 Å². The van der Waals surface area contributed by atoms with Crippen LogP contribution in [0.15, 0.2) is 67.1 Å². The number of pyridine rings is 1. The molecule has 2 saturated heterocycles. The molecule has 2 aliphatic heterocycles. The third-order valence-electron chi connectivity index (χ3n) is 6.42. The molecule has 0 N–H and O–H groups in total. The first kappa shape index (κ1) is 22.5. The van der Waals surface area contributed by atoms with Gasteiger partial charge in [-0.1, -0.05) is 13.2 Å². The predicted molar refractivity (Wildman–Crippen MR) is 136 cm³/mol. The predicted octanol–water partition coefficient (Wildman–Crippen LogP) is 4.81. The molecule has 2 fully saturated rings. The van der Waals surface area contributed by atoms with Crippen LogP contribution >= 0.6 is 0 Å². The minimum absolute atomic E-state index is 0.285. The van der Waals surface area contributed by atoms with Crippen LogP contribution in [0.3, 0.4) is 0 Å². The van der Waals surface area contributed by atoms with Gasteiger partial charge in [-0.2, -0.15) is 10.2 Å². The van der Waals surface area contributed by atoms with Crippen LogP contribution in [0.5, 0.6) is 0 Å². The number of aryl methyl sites for hydroxylation is 1. The molecule has 35 heavy (non-hydrogen) atoms. The standard InChI is InChI=1S/C27H26FN7/c1-18-13-21(15-29)16-30-26(18)33-11-12-34(20(3)17-33)25-14-24(22-6-8-23(28)9-7-22)31-27(32-25)35-10-4-5-19(35)2/h6-9,13-14,16H,2-5,10-12,17H2,1H3. The minimum atomic E-state index is -0.285. The molecule has 0 spiro atoms. The molecule has 0 saturated carbocycles. The molecular weight excluding hydrogens is 441 g/mol. The van der Waals surface area contributed by atoms with E-state index in [0.29, 0.717) is 24.6 Å². The smallest absolute Gasteiger partial charge is 0.232 e. The monoisotopic (exact) mass is 467 g/mol. The van der Waals surface area contributed by atoms with Crippen LogP contribution in [0, 0.1) is 24.1 Å². The highest BCUT2D eigenvalue weighted by Gasteiger charge is 2.27. The number of benzene rings is 1. The second-order valence-electron chi connectivity index (χ2n) is 8.86. The maximum Gasteiger partial charge on any atom is 0.232 e. The summed E-state index contributed by atoms with van der Waals surface area (Å²) in [5, 5.41) is 9.14. The van der Waals surface area contributed by atoms with Gasteiger partial charge in [0.1, 0.15) is 23.5 Å². The van der Waals surface area contributed by atoms with Gasteiger partial charge in [-0.15, -0.1) is 0 Å². The van der Waals surface area contributed by atoms with E-state index < -0.39 is 0 Å². The molecule has 0 radical (unpaired) electrons. The Hall–Kier alpha value is -4.25. The zero-order valence-electron chi connectivity index (χ0n) is 19.7. The maximum absolute atomic E-state index is 13.5. The third-order valence-corrected chi connectivity index (χ3v) is 6.42. The van der Waals surface area contributed by atoms with E-state index in [1.54, 1.807) is 18.3 Å². The lowest BCUT2D eigenvalue weighted by Crippen LogP contribution is -2.45. The fourth-order valence-electron chi connectivity index (χ4n) is 4.61. The average molecular weight is 468 g/mol. The largest absolute Gasteiger partial charge is 0.349 e. The van der Waals surface area contributed by atoms with Gasteiger partial charge in [0.25, 0.3) is 0 Å². The lowest BCUT2D eigenvalue weighted by Gasteiger charge is -2.38. The van der Waals surface area contributed by atoms with E-state index >= 15 is 0 Å². The van der Waals surface area contributed by atoms with Crippen molar-refractivity contribution in [2.45, 2.75) is 19.8 Å². The molecule has 8 heteroatoms. The normalized spacial score (nSPS) is 16.1. The quantitative estimate of drug-likeness (QED) is 0.545. The molecule has 5 rings (SSSR count). The lowest BCUT2D eigenvalue weighted by molar-refractivity contribution is 0.628. The number of allylic oxidation sites excluding steroid dienone is 1. The van der Waals surface area contributed by atoms with Crippen molar-refractivity contribution >= 4 is 17.6 Å². The first-order valence-electron chi connectivity index (χ1n) is 11.6. The van der Waals surface area contributed by atoms with Crippen molar-refractivity contribution in [3.63, 3.8) is 0 Å². The van der Waals surface area contributed by atoms with Gasteiger partial charge in [0.05, 0.1) is 17.8 Å². The molecule has 3 aromatic rings. The van der Waals surface area contributed by atoms with Crippen LogP contribution in [-0.2, 0) is 0 Å². The van der Waals surface area contributed by atoms with Crippen LogP contribution in [0.2, 0.25) is 0 Å². The van der Waals surface area contributed by atoms with Crippen molar-refractivity contribution in [2.24, 2.45) is 0 Å². The zero-order chi connectivity index (χ0) is 24.5. The van der Waals surface area contributed by atoms with Gasteiger partial charge in [0, 0.05) is 48.9 Å². The van der Waals surface area contributed by atoms with Gasteiger partial charge in [-0.3, -0.25) is 0 Å². The highest BCUT2D eigenvalue weighted by atomic mass is 19.1. The first-order chi connectivity index (χ1) is 16.9. The van der Waals surface area contributed by atoms with E-state index in [9.17, 15) is 4.39 Å². The van der Waals surface area contributed by atoms with Gasteiger partial charge in [-0.05, 0) is 55.7 Å². The number of piperazine rings is 1. The second-order valence-corrected chi connectivity index (χ2v) is 8.86. The summed E-state index contributed by atoms with van der Waals surface area (Å²) >= 11 is 0. The second kappa shape index (κ2) is 9.18. The molecule has 176 valence electrons. The number of hydrogen-bond donors (Lipinski definition) is 0. The third kappa shape index (κ3) is 4.45. The molecular formula is C27H26FN7. The van der Waals surface area contributed by atoms with Crippen molar-refractivity contribution in [3.8, 4) is 17.3 Å². The molecule has 0 atom stereocenters. The highest BCUT2D eigenvalue weighted by molar-refractivity contribution is 5.67. The van der Waals surface area contributed by atoms with E-state index in [1.165, 1.54) is 12.1 Å². The van der Waals surface area contributed by atoms with Gasteiger partial charge < -0.3 is 14.7 Å². The van der Waals surface area contributed by atoms with Gasteiger partial charge in [0.15, 0.2) is 0 Å². The number of nitrogens with zero attached hydrogens (tertiary/aromatic N) is 7. The summed E-state index contributed by atoms with van der Waals surface area (Å²) in [5.74, 6) is 1.92. The van der Waals surface area contributed by atoms with Crippen molar-refractivity contribution in [2.75, 3.05) is 40.9 Å². The number of rotatable bonds is 4. The van der Waals surface area contributed by atoms with E-state index in [-0.39, 0.29) is 5.82 Å². The van der Waals surface area contributed by atoms with Crippen LogP contribution in [0.25, 0.3) is 11.3 Å². The Labute approximate surface area is 204 Å². The summed E-state index contributed by atoms with van der Waals surface area (Å²) in [6, 6.07) is 12.3. The molecule has 1 aromatic carbocycles. The fourth-order valence-corrected chi connectivity index (χ4v) is 4.61. The molecule has 0 unspecified atom stereocenters. The molecule has 7 nitrogen and oxygen atoms in total. The summed E-state index contributed by atoms with van der Waals surface area (Å²) in [7, 11) is 0. The number of aromatic nitrogens is 3. The highest BCUT2D eigenvalue weighted by Crippen LogP contribution is 2.32. The number of hydrogen-bond acceptors (Lipinski definition) is 7. The minimum Gasteiger partial charge on any atom is -0.349 e. The molecule has 0 bridgehead atoms. The SMILES string of the molecule is C=C1CN(c2ncc(C#N)cc2C)CCN1c1cc(-c2ccc(F)cc2)nc(N2CCCC2=C)n1. The van der Waals surface area contributed by atoms with Crippen LogP contribution in [-0.4, -0.2) is 41.1 Å². The van der Waals surface area contributed by atoms with Gasteiger partial charge >= 0.3 is 0 Å². The summed E-state index contributed by atoms with van der Waals surface area (Å²) in [5.41, 5.74) is 4.94. The summed E-state index contributed by atoms with van der Waals surface area (Å²) in [4.78, 5) is 20.5.